The molecule has 0 saturated carbocycles. The Bertz CT molecular complexity index is 417. The first-order valence-corrected chi connectivity index (χ1v) is 7.61. The van der Waals surface area contributed by atoms with Crippen molar-refractivity contribution in [3.05, 3.63) is 35.4 Å². The van der Waals surface area contributed by atoms with E-state index < -0.39 is 5.97 Å². The van der Waals surface area contributed by atoms with Crippen LogP contribution in [-0.2, 0) is 16.1 Å². The van der Waals surface area contributed by atoms with E-state index in [0.29, 0.717) is 6.54 Å². The van der Waals surface area contributed by atoms with Crippen molar-refractivity contribution in [3.63, 3.8) is 0 Å². The summed E-state index contributed by atoms with van der Waals surface area (Å²) >= 11 is 0. The molecule has 0 amide bonds. The predicted molar refractivity (Wildman–Crippen MR) is 84.4 cm³/mol. The van der Waals surface area contributed by atoms with Crippen LogP contribution in [0, 0.1) is 12.8 Å². The third-order valence-electron chi connectivity index (χ3n) is 3.45. The summed E-state index contributed by atoms with van der Waals surface area (Å²) in [5, 5.41) is 9.09. The first-order valence-electron chi connectivity index (χ1n) is 7.61. The van der Waals surface area contributed by atoms with Crippen LogP contribution in [0.15, 0.2) is 24.3 Å². The Hall–Kier alpha value is -1.39. The molecule has 0 bridgehead atoms. The second-order valence-electron chi connectivity index (χ2n) is 5.51. The van der Waals surface area contributed by atoms with Crippen LogP contribution in [0.3, 0.4) is 0 Å². The van der Waals surface area contributed by atoms with Gasteiger partial charge in [-0.3, -0.25) is 9.69 Å². The molecule has 1 aromatic rings. The summed E-state index contributed by atoms with van der Waals surface area (Å²) in [5.74, 6) is -1.10. The quantitative estimate of drug-likeness (QED) is 0.674. The first kappa shape index (κ1) is 17.7. The maximum Gasteiger partial charge on any atom is 0.307 e. The van der Waals surface area contributed by atoms with E-state index in [1.807, 2.05) is 6.92 Å². The fourth-order valence-corrected chi connectivity index (χ4v) is 2.19. The molecule has 0 saturated heterocycles. The lowest BCUT2D eigenvalue weighted by molar-refractivity contribution is -0.141. The van der Waals surface area contributed by atoms with Gasteiger partial charge in [0.15, 0.2) is 0 Å². The van der Waals surface area contributed by atoms with E-state index in [0.717, 1.165) is 32.7 Å². The van der Waals surface area contributed by atoms with E-state index in [1.165, 1.54) is 11.1 Å². The summed E-state index contributed by atoms with van der Waals surface area (Å²) < 4.78 is 5.36. The minimum atomic E-state index is -0.742. The number of aliphatic carboxylic acids is 1. The summed E-state index contributed by atoms with van der Waals surface area (Å²) in [6, 6.07) is 8.40. The Labute approximate surface area is 127 Å². The van der Waals surface area contributed by atoms with Crippen LogP contribution >= 0.6 is 0 Å². The van der Waals surface area contributed by atoms with Gasteiger partial charge in [0.2, 0.25) is 0 Å². The molecule has 0 fully saturated rings. The molecule has 118 valence electrons. The molecule has 1 aromatic carbocycles. The van der Waals surface area contributed by atoms with Gasteiger partial charge < -0.3 is 9.84 Å². The van der Waals surface area contributed by atoms with E-state index in [2.05, 4.69) is 36.1 Å². The maximum absolute atomic E-state index is 11.1. The smallest absolute Gasteiger partial charge is 0.307 e. The van der Waals surface area contributed by atoms with Crippen LogP contribution in [0.4, 0.5) is 0 Å². The first-order chi connectivity index (χ1) is 10.0. The van der Waals surface area contributed by atoms with Crippen LogP contribution in [-0.4, -0.2) is 42.3 Å². The Morgan fingerprint density at radius 3 is 2.57 bits per heavy atom. The van der Waals surface area contributed by atoms with Crippen LogP contribution in [0.1, 0.15) is 31.4 Å². The Balaban J connectivity index is 2.57. The number of hydrogen-bond acceptors (Lipinski definition) is 3. The monoisotopic (exact) mass is 293 g/mol. The fourth-order valence-electron chi connectivity index (χ4n) is 2.19. The van der Waals surface area contributed by atoms with E-state index in [9.17, 15) is 4.79 Å². The highest BCUT2D eigenvalue weighted by molar-refractivity contribution is 5.69. The van der Waals surface area contributed by atoms with Crippen molar-refractivity contribution in [1.82, 2.24) is 4.90 Å². The molecule has 0 aromatic heterocycles. The van der Waals surface area contributed by atoms with Gasteiger partial charge in [-0.2, -0.15) is 0 Å². The van der Waals surface area contributed by atoms with Crippen LogP contribution in [0.25, 0.3) is 0 Å². The number of ether oxygens (including phenoxy) is 1. The minimum absolute atomic E-state index is 0.359. The van der Waals surface area contributed by atoms with Gasteiger partial charge in [-0.1, -0.05) is 36.8 Å². The zero-order valence-corrected chi connectivity index (χ0v) is 13.3. The highest BCUT2D eigenvalue weighted by atomic mass is 16.5. The summed E-state index contributed by atoms with van der Waals surface area (Å²) in [6.07, 6.45) is 0.923. The molecule has 4 heteroatoms. The van der Waals surface area contributed by atoms with Crippen LogP contribution in [0.5, 0.6) is 0 Å². The van der Waals surface area contributed by atoms with E-state index in [-0.39, 0.29) is 5.92 Å². The van der Waals surface area contributed by atoms with Gasteiger partial charge in [-0.25, -0.2) is 0 Å². The molecular formula is C17H27NO3. The summed E-state index contributed by atoms with van der Waals surface area (Å²) in [6.45, 7) is 9.45. The van der Waals surface area contributed by atoms with Crippen molar-refractivity contribution in [2.45, 2.75) is 33.7 Å². The Morgan fingerprint density at radius 1 is 1.33 bits per heavy atom. The average Bonchev–Trinajstić information content (AvgIpc) is 2.45. The van der Waals surface area contributed by atoms with Crippen LogP contribution < -0.4 is 0 Å². The lowest BCUT2D eigenvalue weighted by atomic mass is 10.1. The zero-order chi connectivity index (χ0) is 15.7. The van der Waals surface area contributed by atoms with Gasteiger partial charge in [0, 0.05) is 32.8 Å². The number of benzene rings is 1. The predicted octanol–water partition coefficient (Wildman–Crippen LogP) is 2.94. The maximum atomic E-state index is 11.1. The molecule has 0 aliphatic heterocycles. The number of aryl methyl sites for hydroxylation is 1. The summed E-state index contributed by atoms with van der Waals surface area (Å²) in [5.41, 5.74) is 2.45. The number of hydrogen-bond donors (Lipinski definition) is 1. The summed E-state index contributed by atoms with van der Waals surface area (Å²) in [4.78, 5) is 13.3. The van der Waals surface area contributed by atoms with Crippen molar-refractivity contribution in [2.24, 2.45) is 5.92 Å². The van der Waals surface area contributed by atoms with E-state index in [4.69, 9.17) is 9.84 Å². The van der Waals surface area contributed by atoms with E-state index in [1.54, 1.807) is 6.92 Å². The molecule has 0 aliphatic carbocycles. The van der Waals surface area contributed by atoms with Crippen molar-refractivity contribution >= 4 is 5.97 Å². The molecule has 0 heterocycles. The molecule has 1 rings (SSSR count). The van der Waals surface area contributed by atoms with Crippen molar-refractivity contribution < 1.29 is 14.6 Å². The number of nitrogens with zero attached hydrogens (tertiary/aromatic N) is 1. The second kappa shape index (κ2) is 9.53. The van der Waals surface area contributed by atoms with Gasteiger partial charge >= 0.3 is 5.97 Å². The number of rotatable bonds is 10. The molecule has 1 atom stereocenters. The minimum Gasteiger partial charge on any atom is -0.481 e. The standard InChI is InChI=1S/C17H27NO3/c1-4-21-11-5-10-18(12-15(3)17(19)20)13-16-8-6-14(2)7-9-16/h6-9,15H,4-5,10-13H2,1-3H3,(H,19,20). The van der Waals surface area contributed by atoms with Gasteiger partial charge in [0.25, 0.3) is 0 Å². The fraction of sp³-hybridized carbons (Fsp3) is 0.588. The normalized spacial score (nSPS) is 12.6. The molecule has 1 N–H and O–H groups in total. The average molecular weight is 293 g/mol. The highest BCUT2D eigenvalue weighted by Gasteiger charge is 2.16. The SMILES string of the molecule is CCOCCCN(Cc1ccc(C)cc1)CC(C)C(=O)O. The Kier molecular flexibility index (Phi) is 8.01. The van der Waals surface area contributed by atoms with Crippen LogP contribution in [0.2, 0.25) is 0 Å². The largest absolute Gasteiger partial charge is 0.481 e. The zero-order valence-electron chi connectivity index (χ0n) is 13.3. The molecule has 21 heavy (non-hydrogen) atoms. The molecule has 0 radical (unpaired) electrons. The number of carboxylic acids is 1. The topological polar surface area (TPSA) is 49.8 Å². The molecule has 0 spiro atoms. The lowest BCUT2D eigenvalue weighted by Crippen LogP contribution is -2.32. The van der Waals surface area contributed by atoms with Gasteiger partial charge in [-0.05, 0) is 25.8 Å². The highest BCUT2D eigenvalue weighted by Crippen LogP contribution is 2.10. The van der Waals surface area contributed by atoms with Crippen molar-refractivity contribution in [3.8, 4) is 0 Å². The van der Waals surface area contributed by atoms with Crippen molar-refractivity contribution in [1.29, 1.82) is 0 Å². The molecular weight excluding hydrogens is 266 g/mol. The third kappa shape index (κ3) is 7.25. The molecule has 1 unspecified atom stereocenters. The summed E-state index contributed by atoms with van der Waals surface area (Å²) in [7, 11) is 0. The van der Waals surface area contributed by atoms with Gasteiger partial charge in [0.05, 0.1) is 5.92 Å². The van der Waals surface area contributed by atoms with Crippen molar-refractivity contribution in [2.75, 3.05) is 26.3 Å². The number of carbonyl (C=O) groups is 1. The van der Waals surface area contributed by atoms with E-state index >= 15 is 0 Å². The van der Waals surface area contributed by atoms with Gasteiger partial charge in [-0.15, -0.1) is 0 Å². The molecule has 0 aliphatic rings. The van der Waals surface area contributed by atoms with Gasteiger partial charge in [0.1, 0.15) is 0 Å². The lowest BCUT2D eigenvalue weighted by Gasteiger charge is -2.24. The number of carboxylic acid groups (broad SMARTS) is 1. The third-order valence-corrected chi connectivity index (χ3v) is 3.45. The second-order valence-corrected chi connectivity index (χ2v) is 5.51. The molecule has 4 nitrogen and oxygen atoms in total. The Morgan fingerprint density at radius 2 is 2.00 bits per heavy atom.